The molecule has 170 valence electrons. The molecule has 1 fully saturated rings. The average Bonchev–Trinajstić information content (AvgIpc) is 3.36. The third-order valence-electron chi connectivity index (χ3n) is 5.48. The summed E-state index contributed by atoms with van der Waals surface area (Å²) in [6, 6.07) is 12.0. The van der Waals surface area contributed by atoms with E-state index >= 15 is 0 Å². The van der Waals surface area contributed by atoms with E-state index in [0.29, 0.717) is 32.1 Å². The summed E-state index contributed by atoms with van der Waals surface area (Å²) in [5, 5.41) is 9.14. The second kappa shape index (κ2) is 9.44. The minimum atomic E-state index is -1.54. The Hall–Kier alpha value is -2.68. The molecule has 0 atom stereocenters. The lowest BCUT2D eigenvalue weighted by atomic mass is 9.99. The molecular formula is C24H27NO6S. The number of aromatic nitrogens is 1. The van der Waals surface area contributed by atoms with Gasteiger partial charge in [0.2, 0.25) is 5.89 Å². The number of aryl methyl sites for hydroxylation is 2. The van der Waals surface area contributed by atoms with E-state index in [1.54, 1.807) is 11.3 Å². The molecule has 7 nitrogen and oxygen atoms in total. The predicted octanol–water partition coefficient (Wildman–Crippen LogP) is 4.65. The maximum atomic E-state index is 11.2. The minimum absolute atomic E-state index is 0.116. The molecule has 8 heteroatoms. The van der Waals surface area contributed by atoms with Gasteiger partial charge in [0.15, 0.2) is 0 Å². The first-order valence-electron chi connectivity index (χ1n) is 10.6. The van der Waals surface area contributed by atoms with Crippen molar-refractivity contribution >= 4 is 17.3 Å². The van der Waals surface area contributed by atoms with Crippen molar-refractivity contribution in [2.24, 2.45) is 5.92 Å². The van der Waals surface area contributed by atoms with Gasteiger partial charge in [-0.05, 0) is 50.1 Å². The van der Waals surface area contributed by atoms with Crippen LogP contribution in [0.4, 0.5) is 0 Å². The van der Waals surface area contributed by atoms with Crippen LogP contribution in [0.3, 0.4) is 0 Å². The second-order valence-electron chi connectivity index (χ2n) is 8.12. The molecule has 0 radical (unpaired) electrons. The first kappa shape index (κ1) is 22.5. The Labute approximate surface area is 191 Å². The number of ether oxygens (including phenoxy) is 3. The number of benzene rings is 1. The maximum absolute atomic E-state index is 11.2. The highest BCUT2D eigenvalue weighted by Gasteiger charge is 2.40. The molecule has 1 aliphatic heterocycles. The van der Waals surface area contributed by atoms with Crippen LogP contribution < -0.4 is 4.74 Å². The van der Waals surface area contributed by atoms with Crippen molar-refractivity contribution in [3.63, 3.8) is 0 Å². The molecule has 0 aliphatic carbocycles. The summed E-state index contributed by atoms with van der Waals surface area (Å²) in [4.78, 5) is 18.1. The Bertz CT molecular complexity index is 1060. The van der Waals surface area contributed by atoms with Crippen molar-refractivity contribution in [2.75, 3.05) is 19.8 Å². The number of carboxylic acid groups (broad SMARTS) is 1. The first-order chi connectivity index (χ1) is 15.3. The summed E-state index contributed by atoms with van der Waals surface area (Å²) in [7, 11) is 0. The largest absolute Gasteiger partial charge is 0.493 e. The topological polar surface area (TPSA) is 91.0 Å². The summed E-state index contributed by atoms with van der Waals surface area (Å²) in [6.07, 6.45) is 1.42. The number of aliphatic carboxylic acids is 1. The van der Waals surface area contributed by atoms with Gasteiger partial charge in [-0.3, -0.25) is 0 Å². The zero-order chi connectivity index (χ0) is 22.7. The fraction of sp³-hybridized carbons (Fsp3) is 0.417. The molecule has 1 aromatic carbocycles. The molecule has 0 amide bonds. The summed E-state index contributed by atoms with van der Waals surface area (Å²) < 4.78 is 22.5. The van der Waals surface area contributed by atoms with Gasteiger partial charge in [0.1, 0.15) is 11.5 Å². The van der Waals surface area contributed by atoms with Crippen LogP contribution in [-0.2, 0) is 27.1 Å². The molecule has 2 aromatic heterocycles. The van der Waals surface area contributed by atoms with Gasteiger partial charge in [-0.1, -0.05) is 12.1 Å². The third-order valence-corrected chi connectivity index (χ3v) is 6.47. The van der Waals surface area contributed by atoms with E-state index in [1.807, 2.05) is 37.3 Å². The zero-order valence-corrected chi connectivity index (χ0v) is 19.2. The molecule has 3 aromatic rings. The summed E-state index contributed by atoms with van der Waals surface area (Å²) >= 11 is 1.67. The fourth-order valence-electron chi connectivity index (χ4n) is 3.52. The van der Waals surface area contributed by atoms with Gasteiger partial charge in [0.05, 0.1) is 30.4 Å². The molecule has 32 heavy (non-hydrogen) atoms. The quantitative estimate of drug-likeness (QED) is 0.527. The number of hydrogen-bond acceptors (Lipinski definition) is 7. The van der Waals surface area contributed by atoms with Crippen molar-refractivity contribution in [3.05, 3.63) is 58.3 Å². The molecule has 0 bridgehead atoms. The highest BCUT2D eigenvalue weighted by molar-refractivity contribution is 7.15. The van der Waals surface area contributed by atoms with Crippen LogP contribution in [0.15, 0.2) is 40.8 Å². The van der Waals surface area contributed by atoms with Crippen LogP contribution in [-0.4, -0.2) is 41.7 Å². The number of carbonyl (C=O) groups is 1. The van der Waals surface area contributed by atoms with Gasteiger partial charge in [-0.15, -0.1) is 11.3 Å². The van der Waals surface area contributed by atoms with Crippen molar-refractivity contribution in [2.45, 2.75) is 39.4 Å². The fourth-order valence-corrected chi connectivity index (χ4v) is 4.31. The summed E-state index contributed by atoms with van der Waals surface area (Å²) in [5.74, 6) is -0.250. The standard InChI is InChI=1S/C24H27NO6S/c1-15-4-9-21(32-15)22-25-20(16(2)31-22)10-11-28-19-7-5-17(6-8-19)12-18-13-29-24(3,23(26)27)30-14-18/h4-9,18H,10-14H2,1-3H3,(H,26,27)/t18-,24-. The number of thiophene rings is 1. The monoisotopic (exact) mass is 457 g/mol. The van der Waals surface area contributed by atoms with E-state index in [-0.39, 0.29) is 5.92 Å². The Morgan fingerprint density at radius 2 is 1.91 bits per heavy atom. The average molecular weight is 458 g/mol. The van der Waals surface area contributed by atoms with Gasteiger partial charge in [0.25, 0.3) is 5.79 Å². The molecule has 1 aliphatic rings. The minimum Gasteiger partial charge on any atom is -0.493 e. The van der Waals surface area contributed by atoms with Crippen LogP contribution in [0.5, 0.6) is 5.75 Å². The van der Waals surface area contributed by atoms with E-state index in [1.165, 1.54) is 11.8 Å². The van der Waals surface area contributed by atoms with E-state index < -0.39 is 11.8 Å². The molecule has 0 spiro atoms. The Morgan fingerprint density at radius 1 is 1.19 bits per heavy atom. The molecule has 1 saturated heterocycles. The van der Waals surface area contributed by atoms with E-state index in [2.05, 4.69) is 18.0 Å². The van der Waals surface area contributed by atoms with Crippen molar-refractivity contribution in [3.8, 4) is 16.5 Å². The van der Waals surface area contributed by atoms with Crippen LogP contribution in [0.1, 0.15) is 28.8 Å². The Balaban J connectivity index is 1.25. The van der Waals surface area contributed by atoms with Crippen LogP contribution in [0.25, 0.3) is 10.8 Å². The lowest BCUT2D eigenvalue weighted by Gasteiger charge is -2.34. The molecule has 0 unspecified atom stereocenters. The maximum Gasteiger partial charge on any atom is 0.364 e. The second-order valence-corrected chi connectivity index (χ2v) is 9.41. The molecule has 4 rings (SSSR count). The van der Waals surface area contributed by atoms with Gasteiger partial charge in [-0.2, -0.15) is 0 Å². The van der Waals surface area contributed by atoms with Crippen LogP contribution in [0.2, 0.25) is 0 Å². The summed E-state index contributed by atoms with van der Waals surface area (Å²) in [5.41, 5.74) is 2.03. The zero-order valence-electron chi connectivity index (χ0n) is 18.4. The van der Waals surface area contributed by atoms with Crippen molar-refractivity contribution in [1.82, 2.24) is 4.98 Å². The Kier molecular flexibility index (Phi) is 6.64. The first-order valence-corrected chi connectivity index (χ1v) is 11.4. The predicted molar refractivity (Wildman–Crippen MR) is 120 cm³/mol. The molecule has 1 N–H and O–H groups in total. The summed E-state index contributed by atoms with van der Waals surface area (Å²) in [6.45, 7) is 6.64. The van der Waals surface area contributed by atoms with Gasteiger partial charge in [0, 0.05) is 24.1 Å². The Morgan fingerprint density at radius 3 is 2.53 bits per heavy atom. The van der Waals surface area contributed by atoms with E-state index in [4.69, 9.17) is 23.7 Å². The molecule has 0 saturated carbocycles. The number of oxazole rings is 1. The van der Waals surface area contributed by atoms with Gasteiger partial charge in [-0.25, -0.2) is 9.78 Å². The molecular weight excluding hydrogens is 430 g/mol. The highest BCUT2D eigenvalue weighted by atomic mass is 32.1. The van der Waals surface area contributed by atoms with Crippen LogP contribution in [0, 0.1) is 19.8 Å². The lowest BCUT2D eigenvalue weighted by molar-refractivity contribution is -0.270. The van der Waals surface area contributed by atoms with E-state index in [9.17, 15) is 4.79 Å². The molecule has 3 heterocycles. The number of carboxylic acids is 1. The number of rotatable bonds is 8. The van der Waals surface area contributed by atoms with Gasteiger partial charge < -0.3 is 23.7 Å². The number of nitrogens with zero attached hydrogens (tertiary/aromatic N) is 1. The van der Waals surface area contributed by atoms with Crippen molar-refractivity contribution < 1.29 is 28.5 Å². The number of hydrogen-bond donors (Lipinski definition) is 1. The van der Waals surface area contributed by atoms with Gasteiger partial charge >= 0.3 is 5.97 Å². The highest BCUT2D eigenvalue weighted by Crippen LogP contribution is 2.29. The van der Waals surface area contributed by atoms with Crippen molar-refractivity contribution in [1.29, 1.82) is 0 Å². The lowest BCUT2D eigenvalue weighted by Crippen LogP contribution is -2.48. The third kappa shape index (κ3) is 5.20. The van der Waals surface area contributed by atoms with E-state index in [0.717, 1.165) is 34.1 Å². The normalized spacial score (nSPS) is 20.9. The van der Waals surface area contributed by atoms with Crippen LogP contribution >= 0.6 is 11.3 Å². The SMILES string of the molecule is Cc1ccc(-c2nc(CCOc3ccc(C[C@H]4CO[C@](C)(C(=O)O)OC4)cc3)c(C)o2)s1. The smallest absolute Gasteiger partial charge is 0.364 e.